The first-order chi connectivity index (χ1) is 15.5. The highest BCUT2D eigenvalue weighted by molar-refractivity contribution is 7.89. The van der Waals surface area contributed by atoms with Crippen LogP contribution in [0.3, 0.4) is 0 Å². The molecular weight excluding hydrogens is 424 g/mol. The highest BCUT2D eigenvalue weighted by Crippen LogP contribution is 2.33. The van der Waals surface area contributed by atoms with Crippen LogP contribution in [0.2, 0.25) is 0 Å². The van der Waals surface area contributed by atoms with Crippen molar-refractivity contribution in [2.75, 3.05) is 13.2 Å². The molecule has 0 spiro atoms. The summed E-state index contributed by atoms with van der Waals surface area (Å²) in [5.74, 6) is -0.544. The standard InChI is InChI=1S/C25H28N2O4S/c1-3-5-8-18-11-13-19(14-12-18)32(29,30)27-16-15-21-20-9-6-7-10-23(20)26-24(21)22(17-27)25(28)31-4-2/h6-7,9-14,17,26H,3-5,8,15-16H2,1-2H3. The third-order valence-electron chi connectivity index (χ3n) is 5.78. The van der Waals surface area contributed by atoms with Gasteiger partial charge in [-0.1, -0.05) is 43.7 Å². The molecule has 0 unspecified atom stereocenters. The molecule has 0 bridgehead atoms. The van der Waals surface area contributed by atoms with E-state index in [1.807, 2.05) is 36.4 Å². The molecule has 6 nitrogen and oxygen atoms in total. The van der Waals surface area contributed by atoms with Crippen LogP contribution in [-0.4, -0.2) is 36.8 Å². The fourth-order valence-corrected chi connectivity index (χ4v) is 5.41. The molecule has 1 N–H and O–H groups in total. The fraction of sp³-hybridized carbons (Fsp3) is 0.320. The van der Waals surface area contributed by atoms with Crippen LogP contribution in [-0.2, 0) is 32.4 Å². The van der Waals surface area contributed by atoms with E-state index in [0.717, 1.165) is 41.3 Å². The number of para-hydroxylation sites is 1. The molecule has 2 heterocycles. The summed E-state index contributed by atoms with van der Waals surface area (Å²) in [5, 5.41) is 0.984. The summed E-state index contributed by atoms with van der Waals surface area (Å²) in [4.78, 5) is 16.3. The molecule has 0 fully saturated rings. The van der Waals surface area contributed by atoms with Crippen LogP contribution >= 0.6 is 0 Å². The summed E-state index contributed by atoms with van der Waals surface area (Å²) in [5.41, 5.74) is 3.79. The zero-order valence-electron chi connectivity index (χ0n) is 18.4. The predicted octanol–water partition coefficient (Wildman–Crippen LogP) is 4.66. The maximum atomic E-state index is 13.4. The Hall–Kier alpha value is -3.06. The Kier molecular flexibility index (Phi) is 6.37. The van der Waals surface area contributed by atoms with Gasteiger partial charge in [0.25, 0.3) is 10.0 Å². The summed E-state index contributed by atoms with van der Waals surface area (Å²) >= 11 is 0. The molecule has 1 aliphatic rings. The number of rotatable bonds is 7. The zero-order valence-corrected chi connectivity index (χ0v) is 19.2. The van der Waals surface area contributed by atoms with E-state index in [2.05, 4.69) is 11.9 Å². The van der Waals surface area contributed by atoms with E-state index in [1.165, 1.54) is 10.5 Å². The number of H-pyrrole nitrogens is 1. The minimum absolute atomic E-state index is 0.206. The molecule has 0 amide bonds. The van der Waals surface area contributed by atoms with E-state index >= 15 is 0 Å². The van der Waals surface area contributed by atoms with Gasteiger partial charge in [0.1, 0.15) is 5.57 Å². The van der Waals surface area contributed by atoms with Crippen LogP contribution in [0.15, 0.2) is 59.6 Å². The molecule has 2 aromatic carbocycles. The summed E-state index contributed by atoms with van der Waals surface area (Å²) in [6, 6.07) is 14.8. The Morgan fingerprint density at radius 3 is 2.56 bits per heavy atom. The maximum Gasteiger partial charge on any atom is 0.341 e. The van der Waals surface area contributed by atoms with Crippen molar-refractivity contribution in [2.24, 2.45) is 0 Å². The van der Waals surface area contributed by atoms with Gasteiger partial charge >= 0.3 is 5.97 Å². The number of hydrogen-bond donors (Lipinski definition) is 1. The maximum absolute atomic E-state index is 13.4. The summed E-state index contributed by atoms with van der Waals surface area (Å²) < 4.78 is 33.4. The van der Waals surface area contributed by atoms with Crippen molar-refractivity contribution in [2.45, 2.75) is 44.4 Å². The van der Waals surface area contributed by atoms with Crippen LogP contribution in [0, 0.1) is 0 Å². The molecule has 1 aromatic heterocycles. The van der Waals surface area contributed by atoms with E-state index in [1.54, 1.807) is 19.1 Å². The Morgan fingerprint density at radius 1 is 1.09 bits per heavy atom. The molecule has 0 saturated carbocycles. The van der Waals surface area contributed by atoms with Crippen LogP contribution in [0.5, 0.6) is 0 Å². The van der Waals surface area contributed by atoms with Gasteiger partial charge < -0.3 is 9.72 Å². The molecule has 0 atom stereocenters. The number of carbonyl (C=O) groups excluding carboxylic acids is 1. The van der Waals surface area contributed by atoms with Crippen LogP contribution in [0.4, 0.5) is 0 Å². The number of carbonyl (C=O) groups is 1. The molecule has 168 valence electrons. The molecule has 0 saturated heterocycles. The van der Waals surface area contributed by atoms with Gasteiger partial charge in [0, 0.05) is 23.6 Å². The number of sulfonamides is 1. The van der Waals surface area contributed by atoms with Gasteiger partial charge in [-0.2, -0.15) is 0 Å². The number of fused-ring (bicyclic) bond motifs is 3. The smallest absolute Gasteiger partial charge is 0.341 e. The molecular formula is C25H28N2O4S. The lowest BCUT2D eigenvalue weighted by molar-refractivity contribution is -0.136. The normalized spacial score (nSPS) is 14.1. The lowest BCUT2D eigenvalue weighted by Crippen LogP contribution is -2.28. The SMILES string of the molecule is CCCCc1ccc(S(=O)(=O)N2C=C(C(=O)OCC)c3[nH]c4ccccc4c3CC2)cc1. The molecule has 32 heavy (non-hydrogen) atoms. The Morgan fingerprint density at radius 2 is 1.84 bits per heavy atom. The van der Waals surface area contributed by atoms with Crippen molar-refractivity contribution in [1.82, 2.24) is 9.29 Å². The van der Waals surface area contributed by atoms with Gasteiger partial charge in [-0.05, 0) is 55.5 Å². The average Bonchev–Trinajstić information content (AvgIpc) is 3.04. The number of ether oxygens (including phenoxy) is 1. The number of nitrogens with one attached hydrogen (secondary N) is 1. The first-order valence-electron chi connectivity index (χ1n) is 11.1. The van der Waals surface area contributed by atoms with Gasteiger partial charge in [-0.15, -0.1) is 0 Å². The van der Waals surface area contributed by atoms with E-state index in [-0.39, 0.29) is 23.6 Å². The number of benzene rings is 2. The molecule has 0 radical (unpaired) electrons. The number of aryl methyl sites for hydroxylation is 1. The molecule has 4 rings (SSSR count). The van der Waals surface area contributed by atoms with Crippen molar-refractivity contribution in [1.29, 1.82) is 0 Å². The number of unbranched alkanes of at least 4 members (excludes halogenated alkanes) is 1. The Bertz CT molecular complexity index is 1260. The minimum atomic E-state index is -3.82. The largest absolute Gasteiger partial charge is 0.462 e. The second kappa shape index (κ2) is 9.20. The predicted molar refractivity (Wildman–Crippen MR) is 126 cm³/mol. The average molecular weight is 453 g/mol. The molecule has 1 aliphatic heterocycles. The van der Waals surface area contributed by atoms with Crippen molar-refractivity contribution in [3.05, 3.63) is 71.6 Å². The van der Waals surface area contributed by atoms with Gasteiger partial charge in [0.2, 0.25) is 0 Å². The van der Waals surface area contributed by atoms with E-state index in [4.69, 9.17) is 4.74 Å². The van der Waals surface area contributed by atoms with Gasteiger partial charge in [-0.3, -0.25) is 4.31 Å². The summed E-state index contributed by atoms with van der Waals surface area (Å²) in [6.45, 7) is 4.30. The number of hydrogen-bond acceptors (Lipinski definition) is 4. The first kappa shape index (κ1) is 22.1. The minimum Gasteiger partial charge on any atom is -0.462 e. The fourth-order valence-electron chi connectivity index (χ4n) is 4.08. The van der Waals surface area contributed by atoms with Gasteiger partial charge in [0.05, 0.1) is 17.2 Å². The van der Waals surface area contributed by atoms with Crippen molar-refractivity contribution < 1.29 is 17.9 Å². The summed E-state index contributed by atoms with van der Waals surface area (Å²) in [6.07, 6.45) is 4.97. The van der Waals surface area contributed by atoms with Gasteiger partial charge in [0.15, 0.2) is 0 Å². The number of aromatic nitrogens is 1. The Labute approximate surface area is 188 Å². The second-order valence-corrected chi connectivity index (χ2v) is 9.79. The van der Waals surface area contributed by atoms with Crippen molar-refractivity contribution in [3.8, 4) is 0 Å². The van der Waals surface area contributed by atoms with Crippen molar-refractivity contribution >= 4 is 32.5 Å². The monoisotopic (exact) mass is 452 g/mol. The Balaban J connectivity index is 1.74. The quantitative estimate of drug-likeness (QED) is 0.529. The topological polar surface area (TPSA) is 79.5 Å². The molecule has 3 aromatic rings. The van der Waals surface area contributed by atoms with Crippen LogP contribution < -0.4 is 0 Å². The van der Waals surface area contributed by atoms with E-state index < -0.39 is 16.0 Å². The third-order valence-corrected chi connectivity index (χ3v) is 7.56. The van der Waals surface area contributed by atoms with Crippen molar-refractivity contribution in [3.63, 3.8) is 0 Å². The van der Waals surface area contributed by atoms with Crippen LogP contribution in [0.1, 0.15) is 43.5 Å². The van der Waals surface area contributed by atoms with E-state index in [9.17, 15) is 13.2 Å². The molecule has 7 heteroatoms. The van der Waals surface area contributed by atoms with E-state index in [0.29, 0.717) is 12.1 Å². The number of aromatic amines is 1. The second-order valence-electron chi connectivity index (χ2n) is 7.90. The summed E-state index contributed by atoms with van der Waals surface area (Å²) in [7, 11) is -3.82. The molecule has 0 aliphatic carbocycles. The third kappa shape index (κ3) is 4.17. The zero-order chi connectivity index (χ0) is 22.7. The van der Waals surface area contributed by atoms with Crippen LogP contribution in [0.25, 0.3) is 16.5 Å². The highest BCUT2D eigenvalue weighted by Gasteiger charge is 2.30. The first-order valence-corrected chi connectivity index (χ1v) is 12.5. The lowest BCUT2D eigenvalue weighted by atomic mass is 10.0. The lowest BCUT2D eigenvalue weighted by Gasteiger charge is -2.20. The number of nitrogens with zero attached hydrogens (tertiary/aromatic N) is 1. The highest BCUT2D eigenvalue weighted by atomic mass is 32.2. The number of esters is 1. The van der Waals surface area contributed by atoms with Gasteiger partial charge in [-0.25, -0.2) is 13.2 Å².